The van der Waals surface area contributed by atoms with Crippen LogP contribution in [0.3, 0.4) is 0 Å². The first kappa shape index (κ1) is 14.4. The van der Waals surface area contributed by atoms with Gasteiger partial charge in [-0.25, -0.2) is 8.78 Å². The van der Waals surface area contributed by atoms with Gasteiger partial charge in [-0.2, -0.15) is 0 Å². The molecule has 4 nitrogen and oxygen atoms in total. The maximum absolute atomic E-state index is 13.5. The van der Waals surface area contributed by atoms with E-state index in [9.17, 15) is 18.4 Å². The lowest BCUT2D eigenvalue weighted by atomic mass is 9.78. The quantitative estimate of drug-likeness (QED) is 0.896. The molecule has 6 heteroatoms. The zero-order valence-corrected chi connectivity index (χ0v) is 10.7. The lowest BCUT2D eigenvalue weighted by molar-refractivity contribution is -0.147. The minimum absolute atomic E-state index is 0.133. The molecule has 1 fully saturated rings. The summed E-state index contributed by atoms with van der Waals surface area (Å²) in [6.45, 7) is 0. The summed E-state index contributed by atoms with van der Waals surface area (Å²) in [5, 5.41) is 11.5. The van der Waals surface area contributed by atoms with E-state index in [1.54, 1.807) is 0 Å². The van der Waals surface area contributed by atoms with Gasteiger partial charge in [0, 0.05) is 6.07 Å². The molecule has 0 unspecified atom stereocenters. The van der Waals surface area contributed by atoms with Crippen LogP contribution in [0.5, 0.6) is 0 Å². The van der Waals surface area contributed by atoms with Crippen LogP contribution in [0.2, 0.25) is 0 Å². The molecule has 0 aliphatic heterocycles. The lowest BCUT2D eigenvalue weighted by Crippen LogP contribution is -2.36. The number of amides is 1. The van der Waals surface area contributed by atoms with E-state index >= 15 is 0 Å². The van der Waals surface area contributed by atoms with Gasteiger partial charge in [0.15, 0.2) is 0 Å². The Morgan fingerprint density at radius 2 is 1.80 bits per heavy atom. The number of rotatable bonds is 3. The SMILES string of the molecule is O=C(Nc1ccc(F)cc1F)[C@H]1CCCC[C@H]1C(=O)O. The van der Waals surface area contributed by atoms with Gasteiger partial charge >= 0.3 is 5.97 Å². The van der Waals surface area contributed by atoms with Gasteiger partial charge in [-0.3, -0.25) is 9.59 Å². The smallest absolute Gasteiger partial charge is 0.307 e. The Kier molecular flexibility index (Phi) is 4.32. The Balaban J connectivity index is 2.12. The highest BCUT2D eigenvalue weighted by molar-refractivity contribution is 5.95. The molecule has 1 aliphatic carbocycles. The molecule has 2 N–H and O–H groups in total. The molecule has 2 atom stereocenters. The molecule has 1 aromatic carbocycles. The van der Waals surface area contributed by atoms with Crippen molar-refractivity contribution in [1.29, 1.82) is 0 Å². The molecular weight excluding hydrogens is 268 g/mol. The Labute approximate surface area is 114 Å². The predicted molar refractivity (Wildman–Crippen MR) is 68.1 cm³/mol. The van der Waals surface area contributed by atoms with Crippen molar-refractivity contribution in [3.8, 4) is 0 Å². The summed E-state index contributed by atoms with van der Waals surface area (Å²) in [5.74, 6) is -4.56. The summed E-state index contributed by atoms with van der Waals surface area (Å²) in [7, 11) is 0. The second kappa shape index (κ2) is 5.98. The number of hydrogen-bond donors (Lipinski definition) is 2. The first-order valence-electron chi connectivity index (χ1n) is 6.48. The Bertz CT molecular complexity index is 533. The molecule has 1 aliphatic rings. The summed E-state index contributed by atoms with van der Waals surface area (Å²) in [5.41, 5.74) is -0.133. The summed E-state index contributed by atoms with van der Waals surface area (Å²) in [4.78, 5) is 23.2. The number of carbonyl (C=O) groups excluding carboxylic acids is 1. The van der Waals surface area contributed by atoms with Gasteiger partial charge in [-0.1, -0.05) is 12.8 Å². The van der Waals surface area contributed by atoms with Crippen molar-refractivity contribution in [3.63, 3.8) is 0 Å². The molecule has 20 heavy (non-hydrogen) atoms. The molecular formula is C14H15F2NO3. The first-order chi connectivity index (χ1) is 9.49. The van der Waals surface area contributed by atoms with Gasteiger partial charge in [0.2, 0.25) is 5.91 Å². The van der Waals surface area contributed by atoms with Crippen LogP contribution in [0.4, 0.5) is 14.5 Å². The summed E-state index contributed by atoms with van der Waals surface area (Å²) >= 11 is 0. The number of nitrogens with one attached hydrogen (secondary N) is 1. The van der Waals surface area contributed by atoms with Crippen LogP contribution in [-0.4, -0.2) is 17.0 Å². The highest BCUT2D eigenvalue weighted by atomic mass is 19.1. The minimum atomic E-state index is -1.01. The van der Waals surface area contributed by atoms with Crippen LogP contribution < -0.4 is 5.32 Å². The molecule has 2 rings (SSSR count). The summed E-state index contributed by atoms with van der Waals surface area (Å²) < 4.78 is 26.2. The van der Waals surface area contributed by atoms with E-state index in [1.807, 2.05) is 0 Å². The van der Waals surface area contributed by atoms with E-state index in [0.717, 1.165) is 25.0 Å². The van der Waals surface area contributed by atoms with Crippen molar-refractivity contribution in [1.82, 2.24) is 0 Å². The van der Waals surface area contributed by atoms with E-state index in [0.29, 0.717) is 18.9 Å². The highest BCUT2D eigenvalue weighted by Crippen LogP contribution is 2.31. The molecule has 0 bridgehead atoms. The van der Waals surface area contributed by atoms with Gasteiger partial charge in [0.05, 0.1) is 17.5 Å². The molecule has 1 aromatic rings. The largest absolute Gasteiger partial charge is 0.481 e. The predicted octanol–water partition coefficient (Wildman–Crippen LogP) is 2.79. The third-order valence-electron chi connectivity index (χ3n) is 3.61. The fourth-order valence-corrected chi connectivity index (χ4v) is 2.56. The fourth-order valence-electron chi connectivity index (χ4n) is 2.56. The number of carboxylic acid groups (broad SMARTS) is 1. The van der Waals surface area contributed by atoms with Gasteiger partial charge < -0.3 is 10.4 Å². The first-order valence-corrected chi connectivity index (χ1v) is 6.48. The molecule has 0 radical (unpaired) electrons. The summed E-state index contributed by atoms with van der Waals surface area (Å²) in [6.07, 6.45) is 2.45. The molecule has 108 valence electrons. The fraction of sp³-hybridized carbons (Fsp3) is 0.429. The van der Waals surface area contributed by atoms with Crippen LogP contribution in [0, 0.1) is 23.5 Å². The number of benzene rings is 1. The molecule has 0 heterocycles. The monoisotopic (exact) mass is 283 g/mol. The van der Waals surface area contributed by atoms with E-state index in [-0.39, 0.29) is 5.69 Å². The maximum Gasteiger partial charge on any atom is 0.307 e. The standard InChI is InChI=1S/C14H15F2NO3/c15-8-5-6-12(11(16)7-8)17-13(18)9-3-1-2-4-10(9)14(19)20/h5-7,9-10H,1-4H2,(H,17,18)(H,19,20)/t9-,10+/m0/s1. The van der Waals surface area contributed by atoms with Crippen LogP contribution in [0.25, 0.3) is 0 Å². The van der Waals surface area contributed by atoms with E-state index in [2.05, 4.69) is 5.32 Å². The van der Waals surface area contributed by atoms with Crippen molar-refractivity contribution in [2.45, 2.75) is 25.7 Å². The van der Waals surface area contributed by atoms with Crippen molar-refractivity contribution in [3.05, 3.63) is 29.8 Å². The van der Waals surface area contributed by atoms with Crippen molar-refractivity contribution in [2.24, 2.45) is 11.8 Å². The molecule has 0 spiro atoms. The van der Waals surface area contributed by atoms with E-state index < -0.39 is 35.3 Å². The number of halogens is 2. The highest BCUT2D eigenvalue weighted by Gasteiger charge is 2.35. The lowest BCUT2D eigenvalue weighted by Gasteiger charge is -2.27. The van der Waals surface area contributed by atoms with Crippen molar-refractivity contribution < 1.29 is 23.5 Å². The topological polar surface area (TPSA) is 66.4 Å². The normalized spacial score (nSPS) is 22.3. The van der Waals surface area contributed by atoms with Gasteiger partial charge in [0.25, 0.3) is 0 Å². The van der Waals surface area contributed by atoms with Gasteiger partial charge in [0.1, 0.15) is 11.6 Å². The summed E-state index contributed by atoms with van der Waals surface area (Å²) in [6, 6.07) is 2.83. The van der Waals surface area contributed by atoms with E-state index in [4.69, 9.17) is 5.11 Å². The van der Waals surface area contributed by atoms with Crippen LogP contribution in [0.15, 0.2) is 18.2 Å². The molecule has 1 amide bonds. The van der Waals surface area contributed by atoms with Gasteiger partial charge in [-0.15, -0.1) is 0 Å². The van der Waals surface area contributed by atoms with Crippen LogP contribution in [0.1, 0.15) is 25.7 Å². The van der Waals surface area contributed by atoms with Crippen molar-refractivity contribution in [2.75, 3.05) is 5.32 Å². The van der Waals surface area contributed by atoms with E-state index in [1.165, 1.54) is 0 Å². The average molecular weight is 283 g/mol. The number of aliphatic carboxylic acids is 1. The molecule has 0 saturated heterocycles. The Hall–Kier alpha value is -1.98. The second-order valence-corrected chi connectivity index (χ2v) is 4.95. The molecule has 1 saturated carbocycles. The average Bonchev–Trinajstić information content (AvgIpc) is 2.41. The Morgan fingerprint density at radius 3 is 2.40 bits per heavy atom. The zero-order chi connectivity index (χ0) is 14.7. The maximum atomic E-state index is 13.5. The van der Waals surface area contributed by atoms with Gasteiger partial charge in [-0.05, 0) is 25.0 Å². The third-order valence-corrected chi connectivity index (χ3v) is 3.61. The zero-order valence-electron chi connectivity index (χ0n) is 10.7. The number of anilines is 1. The van der Waals surface area contributed by atoms with Crippen LogP contribution in [-0.2, 0) is 9.59 Å². The number of carbonyl (C=O) groups is 2. The third kappa shape index (κ3) is 3.12. The molecule has 0 aromatic heterocycles. The van der Waals surface area contributed by atoms with Crippen molar-refractivity contribution >= 4 is 17.6 Å². The Morgan fingerprint density at radius 1 is 1.15 bits per heavy atom. The number of hydrogen-bond acceptors (Lipinski definition) is 2. The van der Waals surface area contributed by atoms with Crippen LogP contribution >= 0.6 is 0 Å². The second-order valence-electron chi connectivity index (χ2n) is 4.95. The number of carboxylic acids is 1. The minimum Gasteiger partial charge on any atom is -0.481 e.